The molecule has 57 heavy (non-hydrogen) atoms. The van der Waals surface area contributed by atoms with E-state index in [2.05, 4.69) is 93.7 Å². The van der Waals surface area contributed by atoms with Crippen LogP contribution >= 0.6 is 0 Å². The molecule has 0 heterocycles. The van der Waals surface area contributed by atoms with Crippen molar-refractivity contribution in [1.82, 2.24) is 0 Å². The summed E-state index contributed by atoms with van der Waals surface area (Å²) in [7, 11) is 0. The Bertz CT molecular complexity index is 870. The van der Waals surface area contributed by atoms with Gasteiger partial charge in [-0.2, -0.15) is 0 Å². The number of unbranched alkanes of at least 4 members (excludes halogenated alkanes) is 27. The zero-order valence-corrected chi connectivity index (χ0v) is 39.1. The van der Waals surface area contributed by atoms with Gasteiger partial charge in [-0.1, -0.05) is 229 Å². The normalized spacial score (nSPS) is 13.7. The highest BCUT2D eigenvalue weighted by Crippen LogP contribution is 2.26. The van der Waals surface area contributed by atoms with Gasteiger partial charge in [0.15, 0.2) is 0 Å². The third-order valence-electron chi connectivity index (χ3n) is 11.8. The molecule has 0 bridgehead atoms. The number of aliphatic hydroxyl groups excluding tert-OH is 1. The lowest BCUT2D eigenvalue weighted by molar-refractivity contribution is 0.0829. The fourth-order valence-electron chi connectivity index (χ4n) is 7.90. The molecule has 0 saturated carbocycles. The van der Waals surface area contributed by atoms with E-state index in [4.69, 9.17) is 0 Å². The molecule has 0 radical (unpaired) electrons. The summed E-state index contributed by atoms with van der Waals surface area (Å²) < 4.78 is 0. The maximum atomic E-state index is 11.3. The van der Waals surface area contributed by atoms with Gasteiger partial charge in [0.1, 0.15) is 0 Å². The quantitative estimate of drug-likeness (QED) is 0.0481. The number of allylic oxidation sites excluding steroid dienone is 12. The van der Waals surface area contributed by atoms with E-state index in [0.717, 1.165) is 25.7 Å². The van der Waals surface area contributed by atoms with Crippen molar-refractivity contribution in [2.45, 2.75) is 277 Å². The van der Waals surface area contributed by atoms with E-state index in [1.165, 1.54) is 225 Å². The van der Waals surface area contributed by atoms with E-state index < -0.39 is 0 Å². The van der Waals surface area contributed by atoms with Gasteiger partial charge in [0.05, 0.1) is 6.10 Å². The van der Waals surface area contributed by atoms with Gasteiger partial charge in [-0.15, -0.1) is 0 Å². The minimum Gasteiger partial charge on any atom is -0.393 e. The van der Waals surface area contributed by atoms with E-state index in [9.17, 15) is 5.11 Å². The molecule has 0 saturated heterocycles. The molecule has 1 unspecified atom stereocenters. The van der Waals surface area contributed by atoms with Crippen LogP contribution in [-0.2, 0) is 0 Å². The smallest absolute Gasteiger partial charge is 0.0568 e. The summed E-state index contributed by atoms with van der Waals surface area (Å²) in [6.45, 7) is 6.82. The van der Waals surface area contributed by atoms with E-state index in [0.29, 0.717) is 5.92 Å². The van der Waals surface area contributed by atoms with E-state index in [1.54, 1.807) is 0 Å². The standard InChI is InChI=1S/C56H102O/c1-4-7-10-13-16-19-22-25-28-31-34-37-40-43-46-49-52-55(53-50-47-44-41-38-35-32-29-26-23-20-17-14-11-8-5-2)56(57)54-51-48-45-42-39-36-33-30-27-24-21-18-15-12-9-6-3/h16-21,25-30,55-57H,4-15,22-24,31-54H2,1-3H3. The lowest BCUT2D eigenvalue weighted by Crippen LogP contribution is -2.20. The maximum Gasteiger partial charge on any atom is 0.0568 e. The molecule has 0 aliphatic carbocycles. The molecule has 332 valence electrons. The van der Waals surface area contributed by atoms with Crippen LogP contribution in [0, 0.1) is 5.92 Å². The summed E-state index contributed by atoms with van der Waals surface area (Å²) in [5.41, 5.74) is 0. The first-order valence-electron chi connectivity index (χ1n) is 25.8. The van der Waals surface area contributed by atoms with Gasteiger partial charge in [-0.05, 0) is 121 Å². The monoisotopic (exact) mass is 791 g/mol. The molecular weight excluding hydrogens is 689 g/mol. The van der Waals surface area contributed by atoms with Gasteiger partial charge in [-0.25, -0.2) is 0 Å². The van der Waals surface area contributed by atoms with Crippen LogP contribution in [0.1, 0.15) is 271 Å². The van der Waals surface area contributed by atoms with Crippen LogP contribution in [0.2, 0.25) is 0 Å². The molecule has 0 spiro atoms. The second-order valence-electron chi connectivity index (χ2n) is 17.4. The second kappa shape index (κ2) is 50.5. The van der Waals surface area contributed by atoms with Crippen LogP contribution < -0.4 is 0 Å². The van der Waals surface area contributed by atoms with Gasteiger partial charge in [-0.3, -0.25) is 0 Å². The summed E-state index contributed by atoms with van der Waals surface area (Å²) in [6, 6.07) is 0. The number of aliphatic hydroxyl groups is 1. The second-order valence-corrected chi connectivity index (χ2v) is 17.4. The van der Waals surface area contributed by atoms with Crippen LogP contribution in [0.25, 0.3) is 0 Å². The van der Waals surface area contributed by atoms with Crippen molar-refractivity contribution in [3.05, 3.63) is 72.9 Å². The lowest BCUT2D eigenvalue weighted by Gasteiger charge is -2.23. The first-order valence-corrected chi connectivity index (χ1v) is 25.8. The molecule has 1 atom stereocenters. The maximum absolute atomic E-state index is 11.3. The lowest BCUT2D eigenvalue weighted by atomic mass is 9.87. The number of rotatable bonds is 46. The van der Waals surface area contributed by atoms with Crippen LogP contribution in [0.4, 0.5) is 0 Å². The highest BCUT2D eigenvalue weighted by atomic mass is 16.3. The van der Waals surface area contributed by atoms with Gasteiger partial charge in [0, 0.05) is 0 Å². The Balaban J connectivity index is 4.25. The summed E-state index contributed by atoms with van der Waals surface area (Å²) >= 11 is 0. The Hall–Kier alpha value is -1.60. The predicted molar refractivity (Wildman–Crippen MR) is 261 cm³/mol. The van der Waals surface area contributed by atoms with Gasteiger partial charge in [0.2, 0.25) is 0 Å². The van der Waals surface area contributed by atoms with Crippen LogP contribution in [0.15, 0.2) is 72.9 Å². The summed E-state index contributed by atoms with van der Waals surface area (Å²) in [5.74, 6) is 0.514. The van der Waals surface area contributed by atoms with E-state index >= 15 is 0 Å². The van der Waals surface area contributed by atoms with E-state index in [-0.39, 0.29) is 6.10 Å². The van der Waals surface area contributed by atoms with Crippen LogP contribution in [0.3, 0.4) is 0 Å². The fraction of sp³-hybridized carbons (Fsp3) is 0.786. The summed E-state index contributed by atoms with van der Waals surface area (Å²) in [5, 5.41) is 11.3. The van der Waals surface area contributed by atoms with Gasteiger partial charge in [0.25, 0.3) is 0 Å². The van der Waals surface area contributed by atoms with Crippen LogP contribution in [-0.4, -0.2) is 11.2 Å². The minimum atomic E-state index is -0.0909. The van der Waals surface area contributed by atoms with Gasteiger partial charge < -0.3 is 5.11 Å². The third-order valence-corrected chi connectivity index (χ3v) is 11.8. The predicted octanol–water partition coefficient (Wildman–Crippen LogP) is 19.6. The van der Waals surface area contributed by atoms with Crippen molar-refractivity contribution >= 4 is 0 Å². The van der Waals surface area contributed by atoms with Crippen LogP contribution in [0.5, 0.6) is 0 Å². The molecular formula is C56H102O. The SMILES string of the molecule is CCCCCC=CCC=CCCCCCCCCC(O)C(CCCCCCCCC=CCC=CCCCCC)CCCCCCCCC=CCC=CCCCCC. The molecule has 0 aromatic heterocycles. The van der Waals surface area contributed by atoms with Crippen molar-refractivity contribution in [3.8, 4) is 0 Å². The zero-order valence-electron chi connectivity index (χ0n) is 39.1. The van der Waals surface area contributed by atoms with Crippen molar-refractivity contribution in [2.24, 2.45) is 5.92 Å². The molecule has 0 aliphatic heterocycles. The highest BCUT2D eigenvalue weighted by Gasteiger charge is 2.18. The Labute approximate surface area is 359 Å². The Morgan fingerprint density at radius 1 is 0.263 bits per heavy atom. The topological polar surface area (TPSA) is 20.2 Å². The molecule has 1 heteroatoms. The first kappa shape index (κ1) is 55.4. The van der Waals surface area contributed by atoms with Crippen molar-refractivity contribution < 1.29 is 5.11 Å². The Morgan fingerprint density at radius 2 is 0.491 bits per heavy atom. The van der Waals surface area contributed by atoms with Crippen molar-refractivity contribution in [3.63, 3.8) is 0 Å². The molecule has 0 aromatic carbocycles. The molecule has 0 fully saturated rings. The molecule has 0 aliphatic rings. The fourth-order valence-corrected chi connectivity index (χ4v) is 7.90. The Kier molecular flexibility index (Phi) is 49.1. The molecule has 0 amide bonds. The highest BCUT2D eigenvalue weighted by molar-refractivity contribution is 4.94. The number of hydrogen-bond acceptors (Lipinski definition) is 1. The van der Waals surface area contributed by atoms with Crippen molar-refractivity contribution in [2.75, 3.05) is 0 Å². The average Bonchev–Trinajstić information content (AvgIpc) is 3.22. The number of hydrogen-bond donors (Lipinski definition) is 1. The summed E-state index contributed by atoms with van der Waals surface area (Å²) in [6.07, 6.45) is 78.5. The molecule has 0 rings (SSSR count). The molecule has 0 aromatic rings. The van der Waals surface area contributed by atoms with Gasteiger partial charge >= 0.3 is 0 Å². The minimum absolute atomic E-state index is 0.0909. The van der Waals surface area contributed by atoms with E-state index in [1.807, 2.05) is 0 Å². The largest absolute Gasteiger partial charge is 0.393 e. The molecule has 1 nitrogen and oxygen atoms in total. The van der Waals surface area contributed by atoms with Crippen molar-refractivity contribution in [1.29, 1.82) is 0 Å². The zero-order chi connectivity index (χ0) is 41.2. The Morgan fingerprint density at radius 3 is 0.772 bits per heavy atom. The third kappa shape index (κ3) is 47.0. The molecule has 1 N–H and O–H groups in total. The summed E-state index contributed by atoms with van der Waals surface area (Å²) in [4.78, 5) is 0. The first-order chi connectivity index (χ1) is 28.3. The average molecular weight is 791 g/mol.